The molecule has 1 aliphatic rings. The van der Waals surface area contributed by atoms with Crippen LogP contribution in [-0.2, 0) is 11.2 Å². The minimum Gasteiger partial charge on any atom is -0.372 e. The van der Waals surface area contributed by atoms with Gasteiger partial charge in [0.1, 0.15) is 6.26 Å². The van der Waals surface area contributed by atoms with E-state index < -0.39 is 0 Å². The highest BCUT2D eigenvalue weighted by Gasteiger charge is 2.22. The van der Waals surface area contributed by atoms with E-state index in [0.717, 1.165) is 25.1 Å². The quantitative estimate of drug-likeness (QED) is 0.899. The summed E-state index contributed by atoms with van der Waals surface area (Å²) < 4.78 is 10.8. The molecule has 18 heavy (non-hydrogen) atoms. The Kier molecular flexibility index (Phi) is 3.13. The fraction of sp³-hybridized carbons (Fsp3) is 0.357. The molecule has 0 spiro atoms. The lowest BCUT2D eigenvalue weighted by atomic mass is 9.90. The van der Waals surface area contributed by atoms with Crippen LogP contribution in [0.1, 0.15) is 17.2 Å². The van der Waals surface area contributed by atoms with Gasteiger partial charge in [-0.15, -0.1) is 0 Å². The lowest BCUT2D eigenvalue weighted by molar-refractivity contribution is 0.0440. The molecule has 1 atom stereocenters. The smallest absolute Gasteiger partial charge is 0.131 e. The zero-order valence-electron chi connectivity index (χ0n) is 10.3. The minimum absolute atomic E-state index is 0.138. The third-order valence-corrected chi connectivity index (χ3v) is 3.36. The maximum atomic E-state index is 5.82. The highest BCUT2D eigenvalue weighted by molar-refractivity contribution is 5.67. The average molecular weight is 244 g/mol. The average Bonchev–Trinajstić information content (AvgIpc) is 2.93. The third-order valence-electron chi connectivity index (χ3n) is 3.36. The van der Waals surface area contributed by atoms with Gasteiger partial charge >= 0.3 is 0 Å². The van der Waals surface area contributed by atoms with Crippen LogP contribution in [0.2, 0.25) is 0 Å². The van der Waals surface area contributed by atoms with Gasteiger partial charge in [-0.2, -0.15) is 0 Å². The van der Waals surface area contributed by atoms with Crippen molar-refractivity contribution in [2.75, 3.05) is 20.2 Å². The molecule has 0 fully saturated rings. The van der Waals surface area contributed by atoms with E-state index in [2.05, 4.69) is 28.7 Å². The van der Waals surface area contributed by atoms with Crippen LogP contribution < -0.4 is 5.32 Å². The topological polar surface area (TPSA) is 47.3 Å². The molecule has 0 unspecified atom stereocenters. The van der Waals surface area contributed by atoms with Gasteiger partial charge in [0.25, 0.3) is 0 Å². The zero-order chi connectivity index (χ0) is 12.4. The van der Waals surface area contributed by atoms with Crippen LogP contribution in [0.25, 0.3) is 11.1 Å². The second-order valence-corrected chi connectivity index (χ2v) is 4.45. The summed E-state index contributed by atoms with van der Waals surface area (Å²) in [6.07, 6.45) is 4.53. The van der Waals surface area contributed by atoms with Crippen LogP contribution in [0, 0.1) is 0 Å². The predicted molar refractivity (Wildman–Crippen MR) is 68.3 cm³/mol. The van der Waals surface area contributed by atoms with Crippen molar-refractivity contribution in [3.8, 4) is 11.1 Å². The molecule has 4 nitrogen and oxygen atoms in total. The normalized spacial score (nSPS) is 18.6. The van der Waals surface area contributed by atoms with E-state index in [0.29, 0.717) is 0 Å². The van der Waals surface area contributed by atoms with Gasteiger partial charge in [-0.05, 0) is 30.2 Å². The lowest BCUT2D eigenvalue weighted by Crippen LogP contribution is -2.25. The molecular weight excluding hydrogens is 228 g/mol. The summed E-state index contributed by atoms with van der Waals surface area (Å²) in [5.41, 5.74) is 4.87. The highest BCUT2D eigenvalue weighted by atomic mass is 16.5. The van der Waals surface area contributed by atoms with E-state index >= 15 is 0 Å². The largest absolute Gasteiger partial charge is 0.372 e. The van der Waals surface area contributed by atoms with Crippen LogP contribution in [0.15, 0.2) is 35.2 Å². The van der Waals surface area contributed by atoms with Crippen molar-refractivity contribution in [1.29, 1.82) is 0 Å². The molecule has 4 heteroatoms. The number of fused-ring (bicyclic) bond motifs is 1. The van der Waals surface area contributed by atoms with Crippen LogP contribution in [0.3, 0.4) is 0 Å². The molecule has 0 amide bonds. The summed E-state index contributed by atoms with van der Waals surface area (Å²) in [7, 11) is 1.95. The molecule has 1 aliphatic heterocycles. The molecule has 0 aliphatic carbocycles. The second-order valence-electron chi connectivity index (χ2n) is 4.45. The monoisotopic (exact) mass is 244 g/mol. The first-order chi connectivity index (χ1) is 8.90. The van der Waals surface area contributed by atoms with Crippen molar-refractivity contribution in [3.63, 3.8) is 0 Å². The van der Waals surface area contributed by atoms with Crippen molar-refractivity contribution in [2.24, 2.45) is 0 Å². The fourth-order valence-electron chi connectivity index (χ4n) is 2.54. The summed E-state index contributed by atoms with van der Waals surface area (Å²) in [6.45, 7) is 1.60. The zero-order valence-corrected chi connectivity index (χ0v) is 10.3. The Morgan fingerprint density at radius 2 is 2.39 bits per heavy atom. The maximum Gasteiger partial charge on any atom is 0.131 e. The number of nitrogens with zero attached hydrogens (tertiary/aromatic N) is 1. The van der Waals surface area contributed by atoms with Crippen LogP contribution in [-0.4, -0.2) is 25.4 Å². The number of ether oxygens (including phenoxy) is 1. The fourth-order valence-corrected chi connectivity index (χ4v) is 2.54. The van der Waals surface area contributed by atoms with E-state index in [4.69, 9.17) is 9.26 Å². The third kappa shape index (κ3) is 1.94. The van der Waals surface area contributed by atoms with Gasteiger partial charge < -0.3 is 14.6 Å². The number of nitrogens with one attached hydrogen (secondary N) is 1. The molecule has 3 rings (SSSR count). The van der Waals surface area contributed by atoms with Crippen LogP contribution in [0.4, 0.5) is 0 Å². The molecule has 1 N–H and O–H groups in total. The van der Waals surface area contributed by atoms with Crippen LogP contribution in [0.5, 0.6) is 0 Å². The number of hydrogen-bond acceptors (Lipinski definition) is 4. The summed E-state index contributed by atoms with van der Waals surface area (Å²) in [5, 5.41) is 6.96. The van der Waals surface area contributed by atoms with Crippen molar-refractivity contribution in [1.82, 2.24) is 10.5 Å². The van der Waals surface area contributed by atoms with E-state index in [-0.39, 0.29) is 6.10 Å². The molecule has 1 aromatic carbocycles. The molecule has 0 saturated carbocycles. The number of aromatic nitrogens is 1. The molecular formula is C14H16N2O2. The Morgan fingerprint density at radius 3 is 3.17 bits per heavy atom. The first-order valence-electron chi connectivity index (χ1n) is 6.18. The van der Waals surface area contributed by atoms with E-state index in [1.165, 1.54) is 16.7 Å². The second kappa shape index (κ2) is 4.92. The Morgan fingerprint density at radius 1 is 1.44 bits per heavy atom. The number of benzene rings is 1. The van der Waals surface area contributed by atoms with Crippen molar-refractivity contribution in [2.45, 2.75) is 12.5 Å². The summed E-state index contributed by atoms with van der Waals surface area (Å²) in [5.74, 6) is 0. The standard InChI is InChI=1S/C14H16N2O2/c1-15-8-14-13-4-2-3-11(10-7-16-18-9-10)12(13)5-6-17-14/h2-4,7,9,14-15H,5-6,8H2,1H3/t14-/m1/s1. The maximum absolute atomic E-state index is 5.82. The SMILES string of the molecule is CNC[C@H]1OCCc2c(-c3cnoc3)cccc21. The molecule has 0 saturated heterocycles. The molecule has 0 bridgehead atoms. The molecule has 94 valence electrons. The Labute approximate surface area is 106 Å². The summed E-state index contributed by atoms with van der Waals surface area (Å²) in [6, 6.07) is 6.33. The van der Waals surface area contributed by atoms with Crippen molar-refractivity contribution >= 4 is 0 Å². The Balaban J connectivity index is 2.06. The van der Waals surface area contributed by atoms with Gasteiger partial charge in [0, 0.05) is 12.1 Å². The van der Waals surface area contributed by atoms with Gasteiger partial charge in [-0.3, -0.25) is 0 Å². The van der Waals surface area contributed by atoms with Gasteiger partial charge in [-0.1, -0.05) is 23.4 Å². The molecule has 0 radical (unpaired) electrons. The summed E-state index contributed by atoms with van der Waals surface area (Å²) in [4.78, 5) is 0. The summed E-state index contributed by atoms with van der Waals surface area (Å²) >= 11 is 0. The number of hydrogen-bond donors (Lipinski definition) is 1. The minimum atomic E-state index is 0.138. The van der Waals surface area contributed by atoms with Gasteiger partial charge in [0.05, 0.1) is 18.9 Å². The van der Waals surface area contributed by atoms with Crippen molar-refractivity contribution in [3.05, 3.63) is 41.8 Å². The number of rotatable bonds is 3. The molecule has 1 aromatic heterocycles. The van der Waals surface area contributed by atoms with Crippen molar-refractivity contribution < 1.29 is 9.26 Å². The van der Waals surface area contributed by atoms with E-state index in [9.17, 15) is 0 Å². The van der Waals surface area contributed by atoms with Gasteiger partial charge in [-0.25, -0.2) is 0 Å². The highest BCUT2D eigenvalue weighted by Crippen LogP contribution is 2.33. The predicted octanol–water partition coefficient (Wildman–Crippen LogP) is 2.17. The first kappa shape index (κ1) is 11.4. The lowest BCUT2D eigenvalue weighted by Gasteiger charge is -2.27. The van der Waals surface area contributed by atoms with E-state index in [1.807, 2.05) is 7.05 Å². The Hall–Kier alpha value is -1.65. The van der Waals surface area contributed by atoms with Crippen LogP contribution >= 0.6 is 0 Å². The molecule has 2 aromatic rings. The molecule has 2 heterocycles. The Bertz CT molecular complexity index is 523. The van der Waals surface area contributed by atoms with Gasteiger partial charge in [0.15, 0.2) is 0 Å². The van der Waals surface area contributed by atoms with E-state index in [1.54, 1.807) is 12.5 Å². The number of likely N-dealkylation sites (N-methyl/N-ethyl adjacent to an activating group) is 1. The first-order valence-corrected chi connectivity index (χ1v) is 6.18. The van der Waals surface area contributed by atoms with Gasteiger partial charge in [0.2, 0.25) is 0 Å².